The van der Waals surface area contributed by atoms with E-state index in [1.54, 1.807) is 36.5 Å². The smallest absolute Gasteiger partial charge is 0.295 e. The number of benzene rings is 1. The highest BCUT2D eigenvalue weighted by molar-refractivity contribution is 6.49. The zero-order valence-corrected chi connectivity index (χ0v) is 18.4. The molecule has 34 heavy (non-hydrogen) atoms. The SMILES string of the molecule is COC1=C=C=C(C(=O)C2C(=O)C(=O)N(c3ccc(-c4cnco4)cc3)C2C2=CC=CCC2)C=C1. The van der Waals surface area contributed by atoms with Gasteiger partial charge >= 0.3 is 0 Å². The molecule has 5 rings (SSSR count). The molecule has 1 aromatic carbocycles. The molecule has 7 heteroatoms. The Bertz CT molecular complexity index is 1360. The molecule has 0 saturated carbocycles. The van der Waals surface area contributed by atoms with Gasteiger partial charge in [-0.1, -0.05) is 24.0 Å². The van der Waals surface area contributed by atoms with E-state index in [9.17, 15) is 14.4 Å². The Balaban J connectivity index is 1.57. The van der Waals surface area contributed by atoms with Crippen molar-refractivity contribution < 1.29 is 23.5 Å². The van der Waals surface area contributed by atoms with E-state index in [4.69, 9.17) is 9.15 Å². The number of Topliss-reactive ketones (excluding diaryl/α,β-unsaturated/α-hetero) is 2. The van der Waals surface area contributed by atoms with Crippen LogP contribution in [0.25, 0.3) is 11.3 Å². The monoisotopic (exact) mass is 452 g/mol. The maximum absolute atomic E-state index is 13.5. The summed E-state index contributed by atoms with van der Waals surface area (Å²) in [6.07, 6.45) is 13.3. The van der Waals surface area contributed by atoms with Crippen LogP contribution in [-0.2, 0) is 19.1 Å². The summed E-state index contributed by atoms with van der Waals surface area (Å²) in [6.45, 7) is 0. The lowest BCUT2D eigenvalue weighted by atomic mass is 9.83. The topological polar surface area (TPSA) is 89.7 Å². The van der Waals surface area contributed by atoms with E-state index in [0.717, 1.165) is 17.6 Å². The predicted molar refractivity (Wildman–Crippen MR) is 123 cm³/mol. The highest BCUT2D eigenvalue weighted by Gasteiger charge is 2.53. The molecule has 1 fully saturated rings. The van der Waals surface area contributed by atoms with Crippen molar-refractivity contribution >= 4 is 23.2 Å². The van der Waals surface area contributed by atoms with Gasteiger partial charge in [0, 0.05) is 11.3 Å². The minimum absolute atomic E-state index is 0.186. The van der Waals surface area contributed by atoms with Gasteiger partial charge in [0.05, 0.1) is 24.9 Å². The fraction of sp³-hybridized carbons (Fsp3) is 0.185. The number of ether oxygens (including phenoxy) is 1. The third kappa shape index (κ3) is 3.69. The third-order valence-electron chi connectivity index (χ3n) is 6.08. The molecular formula is C27H20N2O5. The van der Waals surface area contributed by atoms with E-state index in [1.165, 1.54) is 24.5 Å². The van der Waals surface area contributed by atoms with Crippen LogP contribution < -0.4 is 4.90 Å². The first-order valence-electron chi connectivity index (χ1n) is 10.8. The van der Waals surface area contributed by atoms with Gasteiger partial charge in [-0.15, -0.1) is 0 Å². The van der Waals surface area contributed by atoms with Crippen molar-refractivity contribution in [3.63, 3.8) is 0 Å². The van der Waals surface area contributed by atoms with Crippen molar-refractivity contribution in [2.45, 2.75) is 18.9 Å². The normalized spacial score (nSPS) is 21.4. The van der Waals surface area contributed by atoms with Gasteiger partial charge in [-0.05, 0) is 60.6 Å². The molecule has 1 aromatic heterocycles. The number of rotatable bonds is 6. The highest BCUT2D eigenvalue weighted by atomic mass is 16.5. The number of hydrogen-bond donors (Lipinski definition) is 0. The van der Waals surface area contributed by atoms with Gasteiger partial charge in [-0.3, -0.25) is 19.3 Å². The summed E-state index contributed by atoms with van der Waals surface area (Å²) >= 11 is 0. The molecule has 0 N–H and O–H groups in total. The van der Waals surface area contributed by atoms with Gasteiger partial charge in [0.25, 0.3) is 5.91 Å². The van der Waals surface area contributed by atoms with Crippen LogP contribution in [0.5, 0.6) is 0 Å². The molecule has 1 saturated heterocycles. The second kappa shape index (κ2) is 8.83. The van der Waals surface area contributed by atoms with E-state index < -0.39 is 29.4 Å². The van der Waals surface area contributed by atoms with Crippen LogP contribution in [0.1, 0.15) is 12.8 Å². The second-order valence-corrected chi connectivity index (χ2v) is 8.01. The second-order valence-electron chi connectivity index (χ2n) is 8.01. The maximum atomic E-state index is 13.5. The Morgan fingerprint density at radius 3 is 2.62 bits per heavy atom. The number of anilines is 1. The summed E-state index contributed by atoms with van der Waals surface area (Å²) in [5, 5.41) is 0. The van der Waals surface area contributed by atoms with Crippen LogP contribution in [0.2, 0.25) is 0 Å². The third-order valence-corrected chi connectivity index (χ3v) is 6.08. The first-order chi connectivity index (χ1) is 16.6. The summed E-state index contributed by atoms with van der Waals surface area (Å²) in [5.74, 6) is -2.05. The van der Waals surface area contributed by atoms with Gasteiger partial charge in [0.15, 0.2) is 23.7 Å². The number of nitrogens with zero attached hydrogens (tertiary/aromatic N) is 2. The summed E-state index contributed by atoms with van der Waals surface area (Å²) in [5.41, 5.74) is 7.88. The van der Waals surface area contributed by atoms with Crippen LogP contribution in [0.15, 0.2) is 100 Å². The van der Waals surface area contributed by atoms with E-state index >= 15 is 0 Å². The van der Waals surface area contributed by atoms with Crippen molar-refractivity contribution in [1.29, 1.82) is 0 Å². The number of amides is 1. The standard InChI is InChI=1S/C27H20N2O5/c1-33-21-13-9-19(10-14-21)25(30)23-24(18-5-3-2-4-6-18)29(27(32)26(23)31)20-11-7-17(8-12-20)22-15-28-16-34-22/h2-3,5,7-9,11-13,15-16,23-24H,4,6H2,1H3. The van der Waals surface area contributed by atoms with Crippen LogP contribution in [0.4, 0.5) is 5.69 Å². The fourth-order valence-electron chi connectivity index (χ4n) is 4.40. The number of carbonyl (C=O) groups excluding carboxylic acids is 3. The number of oxazole rings is 1. The Morgan fingerprint density at radius 1 is 1.18 bits per heavy atom. The molecular weight excluding hydrogens is 432 g/mol. The summed E-state index contributed by atoms with van der Waals surface area (Å²) < 4.78 is 10.4. The zero-order chi connectivity index (χ0) is 23.7. The highest BCUT2D eigenvalue weighted by Crippen LogP contribution is 2.38. The van der Waals surface area contributed by atoms with Crippen molar-refractivity contribution in [2.24, 2.45) is 5.92 Å². The van der Waals surface area contributed by atoms with Gasteiger partial charge < -0.3 is 9.15 Å². The summed E-state index contributed by atoms with van der Waals surface area (Å²) in [4.78, 5) is 45.3. The van der Waals surface area contributed by atoms with E-state index in [-0.39, 0.29) is 5.57 Å². The number of methoxy groups -OCH3 is 1. The van der Waals surface area contributed by atoms with Crippen LogP contribution in [0.3, 0.4) is 0 Å². The Kier molecular flexibility index (Phi) is 5.56. The molecule has 1 amide bonds. The number of hydrogen-bond acceptors (Lipinski definition) is 6. The number of carbonyl (C=O) groups is 3. The van der Waals surface area contributed by atoms with Crippen molar-refractivity contribution in [2.75, 3.05) is 12.0 Å². The zero-order valence-electron chi connectivity index (χ0n) is 18.4. The van der Waals surface area contributed by atoms with Gasteiger partial charge in [-0.2, -0.15) is 0 Å². The van der Waals surface area contributed by atoms with Gasteiger partial charge in [0.2, 0.25) is 5.78 Å². The summed E-state index contributed by atoms with van der Waals surface area (Å²) in [6, 6.07) is 6.36. The molecule has 2 atom stereocenters. The fourth-order valence-corrected chi connectivity index (χ4v) is 4.40. The molecule has 168 valence electrons. The average Bonchev–Trinajstić information content (AvgIpc) is 3.52. The minimum Gasteiger partial charge on any atom is -0.489 e. The lowest BCUT2D eigenvalue weighted by Crippen LogP contribution is -2.39. The van der Waals surface area contributed by atoms with E-state index in [0.29, 0.717) is 23.6 Å². The Hall–Kier alpha value is -4.44. The lowest BCUT2D eigenvalue weighted by Gasteiger charge is -2.30. The minimum atomic E-state index is -1.17. The lowest BCUT2D eigenvalue weighted by molar-refractivity contribution is -0.138. The van der Waals surface area contributed by atoms with Gasteiger partial charge in [0.1, 0.15) is 5.92 Å². The molecule has 0 radical (unpaired) electrons. The Morgan fingerprint density at radius 2 is 2.00 bits per heavy atom. The number of aromatic nitrogens is 1. The van der Waals surface area contributed by atoms with Crippen LogP contribution in [-0.4, -0.2) is 35.6 Å². The summed E-state index contributed by atoms with van der Waals surface area (Å²) in [7, 11) is 1.49. The molecule has 0 spiro atoms. The van der Waals surface area contributed by atoms with E-state index in [2.05, 4.69) is 16.4 Å². The van der Waals surface area contributed by atoms with Crippen LogP contribution >= 0.6 is 0 Å². The van der Waals surface area contributed by atoms with Crippen molar-refractivity contribution in [3.05, 3.63) is 95.6 Å². The van der Waals surface area contributed by atoms with Gasteiger partial charge in [-0.25, -0.2) is 4.98 Å². The average molecular weight is 452 g/mol. The molecule has 2 unspecified atom stereocenters. The molecule has 2 aliphatic carbocycles. The molecule has 3 aliphatic rings. The molecule has 1 aliphatic heterocycles. The maximum Gasteiger partial charge on any atom is 0.295 e. The van der Waals surface area contributed by atoms with Crippen molar-refractivity contribution in [3.8, 4) is 11.3 Å². The van der Waals surface area contributed by atoms with Crippen molar-refractivity contribution in [1.82, 2.24) is 4.98 Å². The van der Waals surface area contributed by atoms with E-state index in [1.807, 2.05) is 18.2 Å². The molecule has 7 nitrogen and oxygen atoms in total. The molecule has 0 bridgehead atoms. The number of allylic oxidation sites excluding steroid dienone is 6. The quantitative estimate of drug-likeness (QED) is 0.376. The molecule has 2 heterocycles. The van der Waals surface area contributed by atoms with Crippen LogP contribution in [0, 0.1) is 5.92 Å². The first-order valence-corrected chi connectivity index (χ1v) is 10.8. The largest absolute Gasteiger partial charge is 0.489 e. The molecule has 2 aromatic rings. The Labute approximate surface area is 195 Å². The first kappa shape index (κ1) is 21.4. The predicted octanol–water partition coefficient (Wildman–Crippen LogP) is 3.87. The number of ketones is 2.